The molecule has 17 heavy (non-hydrogen) atoms. The zero-order chi connectivity index (χ0) is 12.0. The van der Waals surface area contributed by atoms with Gasteiger partial charge in [-0.3, -0.25) is 0 Å². The van der Waals surface area contributed by atoms with Crippen LogP contribution in [0.5, 0.6) is 0 Å². The molecule has 1 saturated heterocycles. The van der Waals surface area contributed by atoms with E-state index in [2.05, 4.69) is 58.0 Å². The number of benzene rings is 1. The third-order valence-corrected chi connectivity index (χ3v) is 4.56. The molecule has 1 aliphatic rings. The molecule has 2 aromatic rings. The number of hydrogen-bond acceptors (Lipinski definition) is 1. The van der Waals surface area contributed by atoms with Crippen molar-refractivity contribution in [3.63, 3.8) is 0 Å². The first kappa shape index (κ1) is 11.3. The van der Waals surface area contributed by atoms with Crippen LogP contribution in [-0.4, -0.2) is 11.1 Å². The highest BCUT2D eigenvalue weighted by atomic mass is 79.9. The molecule has 0 radical (unpaired) electrons. The number of aryl methyl sites for hydroxylation is 2. The second-order valence-electron chi connectivity index (χ2n) is 4.93. The Bertz CT molecular complexity index is 565. The third-order valence-electron chi connectivity index (χ3n) is 3.73. The SMILES string of the molecule is Cc1ccc2c(Br)c(C3CCCN3)n(C)c2c1. The van der Waals surface area contributed by atoms with Crippen LogP contribution >= 0.6 is 15.9 Å². The molecule has 2 nitrogen and oxygen atoms in total. The van der Waals surface area contributed by atoms with Gasteiger partial charge < -0.3 is 9.88 Å². The summed E-state index contributed by atoms with van der Waals surface area (Å²) in [5.41, 5.74) is 4.03. The molecule has 1 aromatic heterocycles. The molecule has 1 unspecified atom stereocenters. The van der Waals surface area contributed by atoms with Gasteiger partial charge in [-0.1, -0.05) is 12.1 Å². The van der Waals surface area contributed by atoms with Crippen molar-refractivity contribution in [2.24, 2.45) is 7.05 Å². The van der Waals surface area contributed by atoms with Gasteiger partial charge in [-0.2, -0.15) is 0 Å². The average molecular weight is 293 g/mol. The van der Waals surface area contributed by atoms with Crippen LogP contribution in [0.1, 0.15) is 30.1 Å². The summed E-state index contributed by atoms with van der Waals surface area (Å²) >= 11 is 3.78. The molecule has 0 bridgehead atoms. The van der Waals surface area contributed by atoms with Crippen molar-refractivity contribution in [3.05, 3.63) is 33.9 Å². The molecule has 0 amide bonds. The highest BCUT2D eigenvalue weighted by Gasteiger charge is 2.23. The van der Waals surface area contributed by atoms with Crippen LogP contribution in [0.3, 0.4) is 0 Å². The quantitative estimate of drug-likeness (QED) is 0.849. The first-order valence-electron chi connectivity index (χ1n) is 6.16. The Kier molecular flexibility index (Phi) is 2.75. The number of rotatable bonds is 1. The standard InChI is InChI=1S/C14H17BrN2/c1-9-5-6-10-12(8-9)17(2)14(13(10)15)11-4-3-7-16-11/h5-6,8,11,16H,3-4,7H2,1-2H3. The zero-order valence-electron chi connectivity index (χ0n) is 10.3. The fourth-order valence-electron chi connectivity index (χ4n) is 2.82. The molecule has 1 N–H and O–H groups in total. The minimum absolute atomic E-state index is 0.502. The Labute approximate surface area is 110 Å². The van der Waals surface area contributed by atoms with E-state index in [-0.39, 0.29) is 0 Å². The van der Waals surface area contributed by atoms with Crippen LogP contribution in [0.25, 0.3) is 10.9 Å². The Morgan fingerprint density at radius 1 is 1.41 bits per heavy atom. The smallest absolute Gasteiger partial charge is 0.0499 e. The normalized spacial score (nSPS) is 20.3. The van der Waals surface area contributed by atoms with Crippen LogP contribution in [0.15, 0.2) is 22.7 Å². The lowest BCUT2D eigenvalue weighted by Gasteiger charge is -2.13. The van der Waals surface area contributed by atoms with Crippen molar-refractivity contribution in [3.8, 4) is 0 Å². The lowest BCUT2D eigenvalue weighted by Crippen LogP contribution is -2.16. The Hall–Kier alpha value is -0.800. The summed E-state index contributed by atoms with van der Waals surface area (Å²) in [4.78, 5) is 0. The molecule has 1 fully saturated rings. The van der Waals surface area contributed by atoms with E-state index in [0.717, 1.165) is 6.54 Å². The van der Waals surface area contributed by atoms with E-state index in [1.807, 2.05) is 0 Å². The summed E-state index contributed by atoms with van der Waals surface area (Å²) in [6, 6.07) is 7.16. The molecule has 3 rings (SSSR count). The number of hydrogen-bond donors (Lipinski definition) is 1. The van der Waals surface area contributed by atoms with E-state index >= 15 is 0 Å². The monoisotopic (exact) mass is 292 g/mol. The molecular weight excluding hydrogens is 276 g/mol. The zero-order valence-corrected chi connectivity index (χ0v) is 11.8. The van der Waals surface area contributed by atoms with Gasteiger partial charge >= 0.3 is 0 Å². The van der Waals surface area contributed by atoms with Gasteiger partial charge in [0.05, 0.1) is 0 Å². The summed E-state index contributed by atoms with van der Waals surface area (Å²) < 4.78 is 3.59. The van der Waals surface area contributed by atoms with Gasteiger partial charge in [0.25, 0.3) is 0 Å². The minimum Gasteiger partial charge on any atom is -0.345 e. The summed E-state index contributed by atoms with van der Waals surface area (Å²) in [7, 11) is 2.17. The van der Waals surface area contributed by atoms with Gasteiger partial charge in [-0.25, -0.2) is 0 Å². The highest BCUT2D eigenvalue weighted by Crippen LogP contribution is 2.37. The van der Waals surface area contributed by atoms with Crippen LogP contribution in [0.2, 0.25) is 0 Å². The van der Waals surface area contributed by atoms with Gasteiger partial charge in [-0.05, 0) is 53.9 Å². The van der Waals surface area contributed by atoms with E-state index in [1.54, 1.807) is 0 Å². The minimum atomic E-state index is 0.502. The third kappa shape index (κ3) is 1.72. The van der Waals surface area contributed by atoms with E-state index in [0.29, 0.717) is 6.04 Å². The van der Waals surface area contributed by atoms with Gasteiger partial charge in [0.2, 0.25) is 0 Å². The lowest BCUT2D eigenvalue weighted by molar-refractivity contribution is 0.601. The average Bonchev–Trinajstić information content (AvgIpc) is 2.88. The van der Waals surface area contributed by atoms with Gasteiger partial charge in [0, 0.05) is 34.2 Å². The fraction of sp³-hybridized carbons (Fsp3) is 0.429. The second-order valence-corrected chi connectivity index (χ2v) is 5.72. The van der Waals surface area contributed by atoms with Gasteiger partial charge in [0.1, 0.15) is 0 Å². The van der Waals surface area contributed by atoms with Crippen molar-refractivity contribution in [1.29, 1.82) is 0 Å². The Balaban J connectivity index is 2.24. The highest BCUT2D eigenvalue weighted by molar-refractivity contribution is 9.10. The first-order valence-corrected chi connectivity index (χ1v) is 6.95. The second kappa shape index (κ2) is 4.14. The summed E-state index contributed by atoms with van der Waals surface area (Å²) in [6.45, 7) is 3.28. The van der Waals surface area contributed by atoms with Crippen LogP contribution in [0, 0.1) is 6.92 Å². The molecule has 1 aliphatic heterocycles. The van der Waals surface area contributed by atoms with Gasteiger partial charge in [0.15, 0.2) is 0 Å². The molecule has 90 valence electrons. The molecule has 1 atom stereocenters. The number of nitrogens with one attached hydrogen (secondary N) is 1. The summed E-state index contributed by atoms with van der Waals surface area (Å²) in [6.07, 6.45) is 2.51. The van der Waals surface area contributed by atoms with Crippen LogP contribution < -0.4 is 5.32 Å². The maximum Gasteiger partial charge on any atom is 0.0499 e. The molecule has 1 aromatic carbocycles. The summed E-state index contributed by atoms with van der Waals surface area (Å²) in [5, 5.41) is 4.90. The summed E-state index contributed by atoms with van der Waals surface area (Å²) in [5.74, 6) is 0. The molecule has 0 saturated carbocycles. The largest absolute Gasteiger partial charge is 0.345 e. The van der Waals surface area contributed by atoms with E-state index < -0.39 is 0 Å². The van der Waals surface area contributed by atoms with Crippen molar-refractivity contribution in [2.75, 3.05) is 6.54 Å². The number of fused-ring (bicyclic) bond motifs is 1. The maximum atomic E-state index is 3.78. The molecule has 2 heterocycles. The predicted molar refractivity (Wildman–Crippen MR) is 75.3 cm³/mol. The maximum absolute atomic E-state index is 3.78. The lowest BCUT2D eigenvalue weighted by atomic mass is 10.1. The Morgan fingerprint density at radius 3 is 2.94 bits per heavy atom. The number of halogens is 1. The number of aromatic nitrogens is 1. The van der Waals surface area contributed by atoms with Gasteiger partial charge in [-0.15, -0.1) is 0 Å². The topological polar surface area (TPSA) is 17.0 Å². The molecule has 0 spiro atoms. The predicted octanol–water partition coefficient (Wildman–Crippen LogP) is 3.67. The van der Waals surface area contributed by atoms with E-state index in [1.165, 1.54) is 39.5 Å². The molecule has 3 heteroatoms. The van der Waals surface area contributed by atoms with Crippen molar-refractivity contribution < 1.29 is 0 Å². The van der Waals surface area contributed by atoms with Crippen molar-refractivity contribution in [1.82, 2.24) is 9.88 Å². The first-order chi connectivity index (χ1) is 8.18. The van der Waals surface area contributed by atoms with Crippen LogP contribution in [0.4, 0.5) is 0 Å². The van der Waals surface area contributed by atoms with Crippen molar-refractivity contribution >= 4 is 26.8 Å². The fourth-order valence-corrected chi connectivity index (χ4v) is 3.70. The van der Waals surface area contributed by atoms with Crippen molar-refractivity contribution in [2.45, 2.75) is 25.8 Å². The Morgan fingerprint density at radius 2 is 2.24 bits per heavy atom. The van der Waals surface area contributed by atoms with E-state index in [9.17, 15) is 0 Å². The number of nitrogens with zero attached hydrogens (tertiary/aromatic N) is 1. The van der Waals surface area contributed by atoms with E-state index in [4.69, 9.17) is 0 Å². The molecular formula is C14H17BrN2. The van der Waals surface area contributed by atoms with Crippen LogP contribution in [-0.2, 0) is 7.05 Å². The molecule has 0 aliphatic carbocycles.